The molecule has 1 aliphatic heterocycles. The second-order valence-corrected chi connectivity index (χ2v) is 6.02. The van der Waals surface area contributed by atoms with Crippen molar-refractivity contribution in [2.45, 2.75) is 31.2 Å². The summed E-state index contributed by atoms with van der Waals surface area (Å²) in [6.45, 7) is 1.85. The van der Waals surface area contributed by atoms with Gasteiger partial charge in [-0.1, -0.05) is 12.1 Å². The number of nitrogens with one attached hydrogen (secondary N) is 1. The molecule has 1 N–H and O–H groups in total. The fourth-order valence-electron chi connectivity index (χ4n) is 3.25. The van der Waals surface area contributed by atoms with Crippen molar-refractivity contribution in [2.24, 2.45) is 5.92 Å². The van der Waals surface area contributed by atoms with Crippen LogP contribution in [-0.2, 0) is 4.79 Å². The molecule has 1 aromatic rings. The Balaban J connectivity index is 1.66. The summed E-state index contributed by atoms with van der Waals surface area (Å²) in [5.41, 5.74) is 0.340. The third kappa shape index (κ3) is 2.79. The summed E-state index contributed by atoms with van der Waals surface area (Å²) in [4.78, 5) is 14.3. The van der Waals surface area contributed by atoms with Gasteiger partial charge in [-0.3, -0.25) is 4.79 Å². The molecule has 2 atom stereocenters. The standard InChI is InChI=1S/C16H20F2N2O/c1-20(10-5-7-19-8-6-10)16(21)13-9-12(13)11-3-2-4-14(17)15(11)18/h2-4,10,12-13,19H,5-9H2,1H3. The maximum atomic E-state index is 13.8. The molecular weight excluding hydrogens is 274 g/mol. The molecule has 5 heteroatoms. The van der Waals surface area contributed by atoms with E-state index in [0.29, 0.717) is 12.0 Å². The summed E-state index contributed by atoms with van der Waals surface area (Å²) in [6, 6.07) is 4.46. The largest absolute Gasteiger partial charge is 0.342 e. The second kappa shape index (κ2) is 5.72. The third-order valence-corrected chi connectivity index (χ3v) is 4.69. The van der Waals surface area contributed by atoms with Gasteiger partial charge in [-0.2, -0.15) is 0 Å². The highest BCUT2D eigenvalue weighted by Gasteiger charge is 2.47. The Bertz CT molecular complexity index is 543. The van der Waals surface area contributed by atoms with Gasteiger partial charge in [-0.15, -0.1) is 0 Å². The number of benzene rings is 1. The van der Waals surface area contributed by atoms with Gasteiger partial charge in [0.1, 0.15) is 0 Å². The summed E-state index contributed by atoms with van der Waals surface area (Å²) in [7, 11) is 1.83. The van der Waals surface area contributed by atoms with Gasteiger partial charge < -0.3 is 10.2 Å². The van der Waals surface area contributed by atoms with Crippen molar-refractivity contribution < 1.29 is 13.6 Å². The van der Waals surface area contributed by atoms with E-state index in [1.54, 1.807) is 6.07 Å². The zero-order valence-electron chi connectivity index (χ0n) is 12.1. The van der Waals surface area contributed by atoms with Gasteiger partial charge in [-0.25, -0.2) is 8.78 Å². The van der Waals surface area contributed by atoms with Crippen LogP contribution in [0.2, 0.25) is 0 Å². The summed E-state index contributed by atoms with van der Waals surface area (Å²) in [5, 5.41) is 3.27. The summed E-state index contributed by atoms with van der Waals surface area (Å²) >= 11 is 0. The third-order valence-electron chi connectivity index (χ3n) is 4.69. The van der Waals surface area contributed by atoms with Gasteiger partial charge in [0.25, 0.3) is 0 Å². The van der Waals surface area contributed by atoms with Crippen LogP contribution in [-0.4, -0.2) is 37.0 Å². The van der Waals surface area contributed by atoms with E-state index in [2.05, 4.69) is 5.32 Å². The normalized spacial score (nSPS) is 25.7. The van der Waals surface area contributed by atoms with Crippen LogP contribution in [0.5, 0.6) is 0 Å². The molecule has 1 saturated carbocycles. The van der Waals surface area contributed by atoms with E-state index in [1.807, 2.05) is 11.9 Å². The predicted octanol–water partition coefficient (Wildman–Crippen LogP) is 2.28. The number of hydrogen-bond acceptors (Lipinski definition) is 2. The molecule has 0 radical (unpaired) electrons. The van der Waals surface area contributed by atoms with Crippen LogP contribution < -0.4 is 5.32 Å². The molecular formula is C16H20F2N2O. The molecule has 2 aliphatic rings. The topological polar surface area (TPSA) is 32.3 Å². The molecule has 1 amide bonds. The Morgan fingerprint density at radius 2 is 2.00 bits per heavy atom. The maximum absolute atomic E-state index is 13.8. The van der Waals surface area contributed by atoms with Crippen LogP contribution >= 0.6 is 0 Å². The highest BCUT2D eigenvalue weighted by atomic mass is 19.2. The number of piperidine rings is 1. The van der Waals surface area contributed by atoms with Gasteiger partial charge in [0.05, 0.1) is 0 Å². The number of halogens is 2. The van der Waals surface area contributed by atoms with Crippen LogP contribution in [0.15, 0.2) is 18.2 Å². The fraction of sp³-hybridized carbons (Fsp3) is 0.562. The van der Waals surface area contributed by atoms with Crippen molar-refractivity contribution in [1.29, 1.82) is 0 Å². The Kier molecular flexibility index (Phi) is 3.93. The first-order valence-electron chi connectivity index (χ1n) is 7.51. The Morgan fingerprint density at radius 3 is 2.71 bits per heavy atom. The van der Waals surface area contributed by atoms with E-state index in [9.17, 15) is 13.6 Å². The molecule has 0 aromatic heterocycles. The monoisotopic (exact) mass is 294 g/mol. The van der Waals surface area contributed by atoms with Gasteiger partial charge >= 0.3 is 0 Å². The maximum Gasteiger partial charge on any atom is 0.226 e. The minimum atomic E-state index is -0.836. The van der Waals surface area contributed by atoms with E-state index < -0.39 is 11.6 Å². The molecule has 0 spiro atoms. The van der Waals surface area contributed by atoms with Gasteiger partial charge in [0, 0.05) is 19.0 Å². The zero-order valence-corrected chi connectivity index (χ0v) is 12.1. The van der Waals surface area contributed by atoms with Crippen molar-refractivity contribution in [2.75, 3.05) is 20.1 Å². The van der Waals surface area contributed by atoms with Crippen molar-refractivity contribution >= 4 is 5.91 Å². The summed E-state index contributed by atoms with van der Waals surface area (Å²) in [6.07, 6.45) is 2.52. The quantitative estimate of drug-likeness (QED) is 0.927. The minimum absolute atomic E-state index is 0.0653. The van der Waals surface area contributed by atoms with Crippen molar-refractivity contribution in [3.05, 3.63) is 35.4 Å². The fourth-order valence-corrected chi connectivity index (χ4v) is 3.25. The number of hydrogen-bond donors (Lipinski definition) is 1. The smallest absolute Gasteiger partial charge is 0.226 e. The zero-order chi connectivity index (χ0) is 15.0. The Hall–Kier alpha value is -1.49. The van der Waals surface area contributed by atoms with Crippen LogP contribution in [0, 0.1) is 17.6 Å². The second-order valence-electron chi connectivity index (χ2n) is 6.02. The molecule has 1 saturated heterocycles. The van der Waals surface area contributed by atoms with Crippen molar-refractivity contribution in [3.63, 3.8) is 0 Å². The lowest BCUT2D eigenvalue weighted by Crippen LogP contribution is -2.44. The van der Waals surface area contributed by atoms with E-state index in [0.717, 1.165) is 32.0 Å². The van der Waals surface area contributed by atoms with Gasteiger partial charge in [0.2, 0.25) is 5.91 Å². The van der Waals surface area contributed by atoms with Gasteiger partial charge in [-0.05, 0) is 49.9 Å². The van der Waals surface area contributed by atoms with Crippen molar-refractivity contribution in [1.82, 2.24) is 10.2 Å². The average molecular weight is 294 g/mol. The minimum Gasteiger partial charge on any atom is -0.342 e. The average Bonchev–Trinajstić information content (AvgIpc) is 3.30. The summed E-state index contributed by atoms with van der Waals surface area (Å²) < 4.78 is 27.0. The first-order valence-corrected chi connectivity index (χ1v) is 7.51. The highest BCUT2D eigenvalue weighted by molar-refractivity contribution is 5.83. The molecule has 1 heterocycles. The molecule has 21 heavy (non-hydrogen) atoms. The molecule has 2 unspecified atom stereocenters. The first kappa shape index (κ1) is 14.4. The van der Waals surface area contributed by atoms with Gasteiger partial charge in [0.15, 0.2) is 11.6 Å². The molecule has 0 bridgehead atoms. The number of carbonyl (C=O) groups excluding carboxylic acids is 1. The van der Waals surface area contributed by atoms with Crippen molar-refractivity contribution in [3.8, 4) is 0 Å². The molecule has 1 aliphatic carbocycles. The lowest BCUT2D eigenvalue weighted by Gasteiger charge is -2.32. The number of carbonyl (C=O) groups is 1. The lowest BCUT2D eigenvalue weighted by molar-refractivity contribution is -0.133. The SMILES string of the molecule is CN(C(=O)C1CC1c1cccc(F)c1F)C1CCNCC1. The van der Waals surface area contributed by atoms with Crippen LogP contribution in [0.1, 0.15) is 30.7 Å². The molecule has 3 rings (SSSR count). The number of nitrogens with zero attached hydrogens (tertiary/aromatic N) is 1. The molecule has 3 nitrogen and oxygen atoms in total. The van der Waals surface area contributed by atoms with E-state index in [4.69, 9.17) is 0 Å². The van der Waals surface area contributed by atoms with Crippen LogP contribution in [0.3, 0.4) is 0 Å². The number of rotatable bonds is 3. The molecule has 114 valence electrons. The van der Waals surface area contributed by atoms with E-state index in [1.165, 1.54) is 6.07 Å². The highest BCUT2D eigenvalue weighted by Crippen LogP contribution is 2.49. The van der Waals surface area contributed by atoms with E-state index in [-0.39, 0.29) is 23.8 Å². The molecule has 1 aromatic carbocycles. The Morgan fingerprint density at radius 1 is 1.29 bits per heavy atom. The first-order chi connectivity index (χ1) is 10.1. The van der Waals surface area contributed by atoms with Crippen LogP contribution in [0.25, 0.3) is 0 Å². The lowest BCUT2D eigenvalue weighted by atomic mass is 10.0. The predicted molar refractivity (Wildman–Crippen MR) is 75.9 cm³/mol. The number of amides is 1. The van der Waals surface area contributed by atoms with E-state index >= 15 is 0 Å². The summed E-state index contributed by atoms with van der Waals surface area (Å²) in [5.74, 6) is -1.94. The van der Waals surface area contributed by atoms with Crippen LogP contribution in [0.4, 0.5) is 8.78 Å². The molecule has 2 fully saturated rings. The Labute approximate surface area is 123 Å².